The molecule has 1 aliphatic rings. The molecule has 0 amide bonds. The third kappa shape index (κ3) is 1.08. The molecule has 0 aromatic carbocycles. The van der Waals surface area contributed by atoms with Crippen molar-refractivity contribution in [2.45, 2.75) is 19.5 Å². The monoisotopic (exact) mass is 130 g/mol. The van der Waals surface area contributed by atoms with Gasteiger partial charge in [0.05, 0.1) is 13.6 Å². The van der Waals surface area contributed by atoms with Crippen molar-refractivity contribution in [3.05, 3.63) is 5.21 Å². The maximum absolute atomic E-state index is 11.3. The van der Waals surface area contributed by atoms with Gasteiger partial charge in [-0.3, -0.25) is 5.73 Å². The highest BCUT2D eigenvalue weighted by atomic mass is 16.5. The van der Waals surface area contributed by atoms with Crippen LogP contribution in [0.2, 0.25) is 0 Å². The van der Waals surface area contributed by atoms with Gasteiger partial charge in [0, 0.05) is 12.3 Å². The highest BCUT2D eigenvalue weighted by Gasteiger charge is 2.33. The van der Waals surface area contributed by atoms with E-state index in [2.05, 4.69) is 0 Å². The Morgan fingerprint density at radius 3 is 2.33 bits per heavy atom. The summed E-state index contributed by atoms with van der Waals surface area (Å²) in [6, 6.07) is 0. The molecule has 0 aromatic rings. The highest BCUT2D eigenvalue weighted by molar-refractivity contribution is 4.68. The first-order chi connectivity index (χ1) is 4.04. The smallest absolute Gasteiger partial charge is 0.142 e. The molecule has 54 valence electrons. The molecule has 2 N–H and O–H groups in total. The zero-order valence-electron chi connectivity index (χ0n) is 6.00. The zero-order valence-corrected chi connectivity index (χ0v) is 6.00. The van der Waals surface area contributed by atoms with Gasteiger partial charge in [-0.1, -0.05) is 6.92 Å². The summed E-state index contributed by atoms with van der Waals surface area (Å²) in [5.41, 5.74) is 5.62. The van der Waals surface area contributed by atoms with Crippen LogP contribution in [0.4, 0.5) is 0 Å². The van der Waals surface area contributed by atoms with Crippen molar-refractivity contribution >= 4 is 0 Å². The van der Waals surface area contributed by atoms with E-state index < -0.39 is 0 Å². The predicted molar refractivity (Wildman–Crippen MR) is 36.2 cm³/mol. The number of quaternary nitrogens is 1. The Labute approximate surface area is 55.6 Å². The normalized spacial score (nSPS) is 52.0. The number of hydroxylamine groups is 3. The van der Waals surface area contributed by atoms with E-state index in [1.165, 1.54) is 0 Å². The molecule has 0 aliphatic carbocycles. The van der Waals surface area contributed by atoms with Crippen molar-refractivity contribution in [2.75, 3.05) is 13.6 Å². The van der Waals surface area contributed by atoms with E-state index in [4.69, 9.17) is 5.73 Å². The molecule has 1 fully saturated rings. The van der Waals surface area contributed by atoms with E-state index in [1.54, 1.807) is 7.05 Å². The van der Waals surface area contributed by atoms with Crippen molar-refractivity contribution in [2.24, 2.45) is 11.7 Å². The molecule has 1 heterocycles. The largest absolute Gasteiger partial charge is 0.632 e. The minimum absolute atomic E-state index is 0.190. The fraction of sp³-hybridized carbons (Fsp3) is 1.00. The van der Waals surface area contributed by atoms with E-state index in [-0.39, 0.29) is 10.8 Å². The Morgan fingerprint density at radius 1 is 1.67 bits per heavy atom. The van der Waals surface area contributed by atoms with E-state index in [0.717, 1.165) is 6.42 Å². The Balaban J connectivity index is 2.62. The third-order valence-electron chi connectivity index (χ3n) is 2.24. The topological polar surface area (TPSA) is 49.1 Å². The van der Waals surface area contributed by atoms with Crippen molar-refractivity contribution in [3.8, 4) is 0 Å². The summed E-state index contributed by atoms with van der Waals surface area (Å²) < 4.78 is -0.249. The Bertz CT molecular complexity index is 114. The Hall–Kier alpha value is -0.120. The second-order valence-corrected chi connectivity index (χ2v) is 3.15. The van der Waals surface area contributed by atoms with Gasteiger partial charge in [-0.15, -0.1) is 0 Å². The molecule has 3 heteroatoms. The molecule has 9 heavy (non-hydrogen) atoms. The summed E-state index contributed by atoms with van der Waals surface area (Å²) in [5.74, 6) is 0.396. The quantitative estimate of drug-likeness (QED) is 0.377. The second kappa shape index (κ2) is 1.94. The number of hydrogen-bond acceptors (Lipinski definition) is 2. The summed E-state index contributed by atoms with van der Waals surface area (Å²) in [6.45, 7) is 2.72. The van der Waals surface area contributed by atoms with Gasteiger partial charge in [0.15, 0.2) is 0 Å². The molecule has 1 aliphatic heterocycles. The molecule has 1 rings (SSSR count). The summed E-state index contributed by atoms with van der Waals surface area (Å²) in [5, 5.41) is 11.3. The number of nitrogens with zero attached hydrogens (tertiary/aromatic N) is 1. The second-order valence-electron chi connectivity index (χ2n) is 3.15. The SMILES string of the molecule is CC1CC[N+](C)([O-])C1N. The van der Waals surface area contributed by atoms with Gasteiger partial charge >= 0.3 is 0 Å². The van der Waals surface area contributed by atoms with Crippen LogP contribution in [0.15, 0.2) is 0 Å². The van der Waals surface area contributed by atoms with E-state index >= 15 is 0 Å². The number of rotatable bonds is 0. The lowest BCUT2D eigenvalue weighted by atomic mass is 10.1. The van der Waals surface area contributed by atoms with Crippen molar-refractivity contribution in [1.29, 1.82) is 0 Å². The van der Waals surface area contributed by atoms with Gasteiger partial charge in [0.2, 0.25) is 0 Å². The maximum atomic E-state index is 11.3. The average Bonchev–Trinajstić information content (AvgIpc) is 1.97. The maximum Gasteiger partial charge on any atom is 0.142 e. The van der Waals surface area contributed by atoms with Crippen LogP contribution in [0.1, 0.15) is 13.3 Å². The molecule has 3 unspecified atom stereocenters. The molecule has 0 bridgehead atoms. The van der Waals surface area contributed by atoms with Crippen LogP contribution in [0, 0.1) is 11.1 Å². The van der Waals surface area contributed by atoms with Gasteiger partial charge in [0.25, 0.3) is 0 Å². The standard InChI is InChI=1S/C6H14N2O/c1-5-3-4-8(2,9)6(5)7/h5-6H,3-4,7H2,1-2H3. The van der Waals surface area contributed by atoms with Gasteiger partial charge in [-0.05, 0) is 0 Å². The lowest BCUT2D eigenvalue weighted by Crippen LogP contribution is -2.49. The van der Waals surface area contributed by atoms with Crippen molar-refractivity contribution in [1.82, 2.24) is 0 Å². The zero-order chi connectivity index (χ0) is 7.07. The molecule has 0 saturated carbocycles. The van der Waals surface area contributed by atoms with Crippen molar-refractivity contribution in [3.63, 3.8) is 0 Å². The van der Waals surface area contributed by atoms with Crippen LogP contribution in [-0.2, 0) is 0 Å². The lowest BCUT2D eigenvalue weighted by molar-refractivity contribution is -0.874. The fourth-order valence-corrected chi connectivity index (χ4v) is 1.32. The Kier molecular flexibility index (Phi) is 1.50. The molecule has 0 aromatic heterocycles. The van der Waals surface area contributed by atoms with Crippen LogP contribution < -0.4 is 5.73 Å². The van der Waals surface area contributed by atoms with Crippen LogP contribution in [0.25, 0.3) is 0 Å². The number of nitrogens with two attached hydrogens (primary N) is 1. The molecule has 0 spiro atoms. The molecule has 3 nitrogen and oxygen atoms in total. The molecular formula is C6H14N2O. The fourth-order valence-electron chi connectivity index (χ4n) is 1.32. The van der Waals surface area contributed by atoms with Crippen LogP contribution in [0.3, 0.4) is 0 Å². The van der Waals surface area contributed by atoms with Crippen LogP contribution in [0.5, 0.6) is 0 Å². The molecule has 0 radical (unpaired) electrons. The first kappa shape index (κ1) is 6.99. The molecule has 1 saturated heterocycles. The van der Waals surface area contributed by atoms with Crippen LogP contribution in [-0.4, -0.2) is 24.4 Å². The van der Waals surface area contributed by atoms with Gasteiger partial charge < -0.3 is 9.85 Å². The molecule has 3 atom stereocenters. The summed E-state index contributed by atoms with van der Waals surface area (Å²) in [6.07, 6.45) is 0.784. The summed E-state index contributed by atoms with van der Waals surface area (Å²) in [4.78, 5) is 0. The van der Waals surface area contributed by atoms with Crippen molar-refractivity contribution < 1.29 is 4.65 Å². The minimum Gasteiger partial charge on any atom is -0.632 e. The summed E-state index contributed by atoms with van der Waals surface area (Å²) >= 11 is 0. The lowest BCUT2D eigenvalue weighted by Gasteiger charge is -2.38. The van der Waals surface area contributed by atoms with Gasteiger partial charge in [0.1, 0.15) is 6.17 Å². The first-order valence-corrected chi connectivity index (χ1v) is 3.36. The van der Waals surface area contributed by atoms with E-state index in [9.17, 15) is 5.21 Å². The number of likely N-dealkylation sites (tertiary alicyclic amines) is 1. The third-order valence-corrected chi connectivity index (χ3v) is 2.24. The number of hydrogen-bond donors (Lipinski definition) is 1. The van der Waals surface area contributed by atoms with Crippen LogP contribution >= 0.6 is 0 Å². The van der Waals surface area contributed by atoms with Gasteiger partial charge in [-0.2, -0.15) is 0 Å². The van der Waals surface area contributed by atoms with E-state index in [0.29, 0.717) is 12.5 Å². The van der Waals surface area contributed by atoms with Gasteiger partial charge in [-0.25, -0.2) is 0 Å². The summed E-state index contributed by atoms with van der Waals surface area (Å²) in [7, 11) is 1.65. The first-order valence-electron chi connectivity index (χ1n) is 3.36. The molecular weight excluding hydrogens is 116 g/mol. The van der Waals surface area contributed by atoms with E-state index in [1.807, 2.05) is 6.92 Å². The average molecular weight is 130 g/mol. The Morgan fingerprint density at radius 2 is 2.22 bits per heavy atom. The predicted octanol–water partition coefficient (Wildman–Crippen LogP) is 0.255. The minimum atomic E-state index is -0.249. The highest BCUT2D eigenvalue weighted by Crippen LogP contribution is 2.24.